The van der Waals surface area contributed by atoms with Crippen molar-refractivity contribution in [1.29, 1.82) is 0 Å². The SMILES string of the molecule is COC(C)C(=O)c1cccc(S(N)(=O)=O)c1. The summed E-state index contributed by atoms with van der Waals surface area (Å²) in [7, 11) is -2.38. The highest BCUT2D eigenvalue weighted by molar-refractivity contribution is 7.89. The Labute approximate surface area is 94.3 Å². The first-order chi connectivity index (χ1) is 7.36. The number of benzene rings is 1. The number of hydrogen-bond donors (Lipinski definition) is 1. The number of carbonyl (C=O) groups excluding carboxylic acids is 1. The summed E-state index contributed by atoms with van der Waals surface area (Å²) in [6.07, 6.45) is -0.615. The standard InChI is InChI=1S/C10H13NO4S/c1-7(15-2)10(12)8-4-3-5-9(6-8)16(11,13)14/h3-7H,1-2H3,(H2,11,13,14). The second-order valence-corrected chi connectivity index (χ2v) is 4.88. The number of ether oxygens (including phenoxy) is 1. The van der Waals surface area contributed by atoms with Crippen LogP contribution in [0.3, 0.4) is 0 Å². The van der Waals surface area contributed by atoms with E-state index >= 15 is 0 Å². The highest BCUT2D eigenvalue weighted by Crippen LogP contribution is 2.12. The lowest BCUT2D eigenvalue weighted by Gasteiger charge is -2.08. The molecule has 1 rings (SSSR count). The molecule has 0 aliphatic rings. The zero-order chi connectivity index (χ0) is 12.3. The van der Waals surface area contributed by atoms with E-state index in [-0.39, 0.29) is 16.2 Å². The lowest BCUT2D eigenvalue weighted by atomic mass is 10.1. The first kappa shape index (κ1) is 12.8. The Morgan fingerprint density at radius 2 is 2.06 bits per heavy atom. The maximum atomic E-state index is 11.7. The molecule has 0 radical (unpaired) electrons. The molecule has 5 nitrogen and oxygen atoms in total. The molecule has 0 aromatic heterocycles. The molecule has 0 spiro atoms. The first-order valence-corrected chi connectivity index (χ1v) is 6.10. The Bertz CT molecular complexity index is 495. The number of nitrogens with two attached hydrogens (primary N) is 1. The molecule has 0 saturated carbocycles. The summed E-state index contributed by atoms with van der Waals surface area (Å²) in [6, 6.07) is 5.57. The third-order valence-electron chi connectivity index (χ3n) is 2.17. The molecule has 1 atom stereocenters. The summed E-state index contributed by atoms with van der Waals surface area (Å²) < 4.78 is 27.0. The molecule has 0 aliphatic carbocycles. The Balaban J connectivity index is 3.14. The minimum Gasteiger partial charge on any atom is -0.374 e. The van der Waals surface area contributed by atoms with E-state index in [1.54, 1.807) is 6.92 Å². The van der Waals surface area contributed by atoms with E-state index in [9.17, 15) is 13.2 Å². The number of Topliss-reactive ketones (excluding diaryl/α,β-unsaturated/α-hetero) is 1. The predicted molar refractivity (Wildman–Crippen MR) is 58.6 cm³/mol. The van der Waals surface area contributed by atoms with Crippen LogP contribution in [0.5, 0.6) is 0 Å². The molecule has 1 unspecified atom stereocenters. The van der Waals surface area contributed by atoms with E-state index in [1.165, 1.54) is 31.4 Å². The lowest BCUT2D eigenvalue weighted by molar-refractivity contribution is 0.0655. The fraction of sp³-hybridized carbons (Fsp3) is 0.300. The molecule has 6 heteroatoms. The average Bonchev–Trinajstić information content (AvgIpc) is 2.26. The van der Waals surface area contributed by atoms with Crippen LogP contribution in [-0.4, -0.2) is 27.4 Å². The van der Waals surface area contributed by atoms with Crippen molar-refractivity contribution < 1.29 is 17.9 Å². The normalized spacial score (nSPS) is 13.4. The van der Waals surface area contributed by atoms with Gasteiger partial charge in [-0.2, -0.15) is 0 Å². The van der Waals surface area contributed by atoms with Gasteiger partial charge in [0.15, 0.2) is 5.78 Å². The predicted octanol–water partition coefficient (Wildman–Crippen LogP) is 0.552. The van der Waals surface area contributed by atoms with Crippen molar-refractivity contribution in [3.05, 3.63) is 29.8 Å². The monoisotopic (exact) mass is 243 g/mol. The number of sulfonamides is 1. The fourth-order valence-corrected chi connectivity index (χ4v) is 1.73. The van der Waals surface area contributed by atoms with Crippen LogP contribution in [0.15, 0.2) is 29.2 Å². The zero-order valence-corrected chi connectivity index (χ0v) is 9.82. The minimum atomic E-state index is -3.78. The van der Waals surface area contributed by atoms with E-state index in [0.29, 0.717) is 0 Å². The Hall–Kier alpha value is -1.24. The van der Waals surface area contributed by atoms with Crippen molar-refractivity contribution in [2.24, 2.45) is 5.14 Å². The minimum absolute atomic E-state index is 0.0818. The molecule has 1 aromatic carbocycles. The molecule has 1 aromatic rings. The molecule has 0 heterocycles. The Kier molecular flexibility index (Phi) is 3.79. The van der Waals surface area contributed by atoms with Gasteiger partial charge in [-0.3, -0.25) is 4.79 Å². The maximum Gasteiger partial charge on any atom is 0.238 e. The van der Waals surface area contributed by atoms with Crippen LogP contribution < -0.4 is 5.14 Å². The molecule has 2 N–H and O–H groups in total. The molecular weight excluding hydrogens is 230 g/mol. The molecule has 88 valence electrons. The molecule has 0 amide bonds. The average molecular weight is 243 g/mol. The van der Waals surface area contributed by atoms with Crippen LogP contribution in [0, 0.1) is 0 Å². The van der Waals surface area contributed by atoms with Crippen LogP contribution in [0.4, 0.5) is 0 Å². The summed E-state index contributed by atoms with van der Waals surface area (Å²) >= 11 is 0. The number of carbonyl (C=O) groups is 1. The van der Waals surface area contributed by atoms with Gasteiger partial charge in [0.2, 0.25) is 10.0 Å². The van der Waals surface area contributed by atoms with Crippen LogP contribution >= 0.6 is 0 Å². The molecule has 0 fully saturated rings. The number of primary sulfonamides is 1. The second kappa shape index (κ2) is 4.73. The van der Waals surface area contributed by atoms with E-state index in [4.69, 9.17) is 9.88 Å². The summed E-state index contributed by atoms with van der Waals surface area (Å²) in [5.74, 6) is -0.284. The van der Waals surface area contributed by atoms with Gasteiger partial charge in [-0.05, 0) is 19.1 Å². The number of ketones is 1. The first-order valence-electron chi connectivity index (χ1n) is 4.56. The van der Waals surface area contributed by atoms with Gasteiger partial charge in [-0.1, -0.05) is 12.1 Å². The summed E-state index contributed by atoms with van der Waals surface area (Å²) in [4.78, 5) is 11.6. The van der Waals surface area contributed by atoms with Gasteiger partial charge in [0, 0.05) is 12.7 Å². The van der Waals surface area contributed by atoms with Crippen molar-refractivity contribution >= 4 is 15.8 Å². The number of methoxy groups -OCH3 is 1. The summed E-state index contributed by atoms with van der Waals surface area (Å²) in [5.41, 5.74) is 0.265. The number of hydrogen-bond acceptors (Lipinski definition) is 4. The van der Waals surface area contributed by atoms with Gasteiger partial charge in [0.05, 0.1) is 4.90 Å². The molecule has 0 aliphatic heterocycles. The Morgan fingerprint density at radius 1 is 1.44 bits per heavy atom. The van der Waals surface area contributed by atoms with Gasteiger partial charge < -0.3 is 4.74 Å². The van der Waals surface area contributed by atoms with E-state index < -0.39 is 16.1 Å². The molecule has 0 saturated heterocycles. The van der Waals surface area contributed by atoms with Crippen LogP contribution in [0.1, 0.15) is 17.3 Å². The van der Waals surface area contributed by atoms with E-state index in [2.05, 4.69) is 0 Å². The molecule has 0 bridgehead atoms. The molecule has 16 heavy (non-hydrogen) atoms. The smallest absolute Gasteiger partial charge is 0.238 e. The highest BCUT2D eigenvalue weighted by atomic mass is 32.2. The maximum absolute atomic E-state index is 11.7. The van der Waals surface area contributed by atoms with Gasteiger partial charge in [0.25, 0.3) is 0 Å². The number of rotatable bonds is 4. The van der Waals surface area contributed by atoms with Crippen LogP contribution in [0.2, 0.25) is 0 Å². The third kappa shape index (κ3) is 2.88. The van der Waals surface area contributed by atoms with Gasteiger partial charge >= 0.3 is 0 Å². The van der Waals surface area contributed by atoms with Gasteiger partial charge in [-0.25, -0.2) is 13.6 Å². The third-order valence-corrected chi connectivity index (χ3v) is 3.08. The van der Waals surface area contributed by atoms with Gasteiger partial charge in [0.1, 0.15) is 6.10 Å². The van der Waals surface area contributed by atoms with Crippen LogP contribution in [0.25, 0.3) is 0 Å². The topological polar surface area (TPSA) is 86.5 Å². The van der Waals surface area contributed by atoms with Crippen molar-refractivity contribution in [1.82, 2.24) is 0 Å². The van der Waals surface area contributed by atoms with E-state index in [0.717, 1.165) is 0 Å². The second-order valence-electron chi connectivity index (χ2n) is 3.32. The quantitative estimate of drug-likeness (QED) is 0.782. The lowest BCUT2D eigenvalue weighted by Crippen LogP contribution is -2.20. The Morgan fingerprint density at radius 3 is 2.56 bits per heavy atom. The van der Waals surface area contributed by atoms with Crippen molar-refractivity contribution in [2.45, 2.75) is 17.9 Å². The van der Waals surface area contributed by atoms with Crippen molar-refractivity contribution in [3.63, 3.8) is 0 Å². The van der Waals surface area contributed by atoms with Crippen molar-refractivity contribution in [2.75, 3.05) is 7.11 Å². The highest BCUT2D eigenvalue weighted by Gasteiger charge is 2.16. The largest absolute Gasteiger partial charge is 0.374 e. The van der Waals surface area contributed by atoms with Crippen molar-refractivity contribution in [3.8, 4) is 0 Å². The summed E-state index contributed by atoms with van der Waals surface area (Å²) in [6.45, 7) is 1.59. The fourth-order valence-electron chi connectivity index (χ4n) is 1.17. The van der Waals surface area contributed by atoms with E-state index in [1.807, 2.05) is 0 Å². The summed E-state index contributed by atoms with van der Waals surface area (Å²) in [5, 5.41) is 4.96. The molecular formula is C10H13NO4S. The van der Waals surface area contributed by atoms with Gasteiger partial charge in [-0.15, -0.1) is 0 Å². The van der Waals surface area contributed by atoms with Crippen LogP contribution in [-0.2, 0) is 14.8 Å². The zero-order valence-electron chi connectivity index (χ0n) is 9.01.